The molecule has 1 rings (SSSR count). The Morgan fingerprint density at radius 1 is 1.10 bits per heavy atom. The molecule has 0 aliphatic rings. The van der Waals surface area contributed by atoms with Gasteiger partial charge in [-0.1, -0.05) is 26.0 Å². The van der Waals surface area contributed by atoms with Gasteiger partial charge in [0.1, 0.15) is 6.10 Å². The molecule has 0 fully saturated rings. The van der Waals surface area contributed by atoms with Crippen LogP contribution in [0.2, 0.25) is 0 Å². The summed E-state index contributed by atoms with van der Waals surface area (Å²) >= 11 is 0. The standard InChI is InChI=1S/C20H28N2O7/c1-4-29-19(28)14-7-5-13(6-8-14)11-22-17(26)15(24)9-10-21-18(27)16(25)20(2,3)12-23/h5-8,16,23,25H,4,9-12H2,1-3H3,(H,21,27)(H,22,26). The van der Waals surface area contributed by atoms with E-state index in [4.69, 9.17) is 9.84 Å². The lowest BCUT2D eigenvalue weighted by atomic mass is 9.87. The molecule has 2 amide bonds. The first-order valence-corrected chi connectivity index (χ1v) is 9.26. The second-order valence-electron chi connectivity index (χ2n) is 7.11. The summed E-state index contributed by atoms with van der Waals surface area (Å²) in [5.41, 5.74) is 0.0658. The number of esters is 1. The number of carbonyl (C=O) groups excluding carboxylic acids is 4. The molecule has 0 aromatic heterocycles. The lowest BCUT2D eigenvalue weighted by Gasteiger charge is -2.27. The zero-order chi connectivity index (χ0) is 22.0. The molecule has 9 nitrogen and oxygen atoms in total. The van der Waals surface area contributed by atoms with Crippen LogP contribution in [0.15, 0.2) is 24.3 Å². The minimum atomic E-state index is -1.44. The van der Waals surface area contributed by atoms with Crippen LogP contribution in [0.4, 0.5) is 0 Å². The van der Waals surface area contributed by atoms with Crippen molar-refractivity contribution in [2.75, 3.05) is 19.8 Å². The molecule has 0 aliphatic heterocycles. The first-order valence-electron chi connectivity index (χ1n) is 9.26. The summed E-state index contributed by atoms with van der Waals surface area (Å²) in [6, 6.07) is 6.41. The fraction of sp³-hybridized carbons (Fsp3) is 0.500. The third kappa shape index (κ3) is 7.63. The van der Waals surface area contributed by atoms with E-state index in [2.05, 4.69) is 10.6 Å². The Morgan fingerprint density at radius 2 is 1.72 bits per heavy atom. The fourth-order valence-corrected chi connectivity index (χ4v) is 2.20. The fourth-order valence-electron chi connectivity index (χ4n) is 2.20. The Balaban J connectivity index is 2.40. The van der Waals surface area contributed by atoms with E-state index in [-0.39, 0.29) is 32.7 Å². The Morgan fingerprint density at radius 3 is 2.28 bits per heavy atom. The maximum absolute atomic E-state index is 11.9. The summed E-state index contributed by atoms with van der Waals surface area (Å²) in [4.78, 5) is 47.1. The molecule has 1 atom stereocenters. The summed E-state index contributed by atoms with van der Waals surface area (Å²) in [6.45, 7) is 4.63. The zero-order valence-electron chi connectivity index (χ0n) is 16.9. The molecule has 0 bridgehead atoms. The number of aliphatic hydroxyl groups is 2. The highest BCUT2D eigenvalue weighted by Crippen LogP contribution is 2.19. The average Bonchev–Trinajstić information content (AvgIpc) is 2.71. The van der Waals surface area contributed by atoms with E-state index in [1.165, 1.54) is 13.8 Å². The number of carbonyl (C=O) groups is 4. The molecule has 4 N–H and O–H groups in total. The van der Waals surface area contributed by atoms with Gasteiger partial charge in [-0.05, 0) is 24.6 Å². The van der Waals surface area contributed by atoms with Crippen LogP contribution in [0.1, 0.15) is 43.1 Å². The number of benzene rings is 1. The van der Waals surface area contributed by atoms with E-state index < -0.39 is 35.1 Å². The molecule has 1 aromatic carbocycles. The molecule has 0 saturated carbocycles. The number of amides is 2. The highest BCUT2D eigenvalue weighted by molar-refractivity contribution is 6.36. The van der Waals surface area contributed by atoms with Gasteiger partial charge < -0.3 is 25.6 Å². The van der Waals surface area contributed by atoms with Crippen molar-refractivity contribution in [2.24, 2.45) is 5.41 Å². The summed E-state index contributed by atoms with van der Waals surface area (Å²) < 4.78 is 4.88. The van der Waals surface area contributed by atoms with E-state index in [1.807, 2.05) is 0 Å². The summed E-state index contributed by atoms with van der Waals surface area (Å²) in [6.07, 6.45) is -1.67. The normalized spacial score (nSPS) is 12.0. The number of hydrogen-bond donors (Lipinski definition) is 4. The Bertz CT molecular complexity index is 729. The van der Waals surface area contributed by atoms with Crippen LogP contribution in [0.25, 0.3) is 0 Å². The van der Waals surface area contributed by atoms with Gasteiger partial charge in [0, 0.05) is 24.9 Å². The quantitative estimate of drug-likeness (QED) is 0.297. The van der Waals surface area contributed by atoms with Crippen LogP contribution in [-0.4, -0.2) is 59.6 Å². The first-order chi connectivity index (χ1) is 13.6. The van der Waals surface area contributed by atoms with Crippen LogP contribution >= 0.6 is 0 Å². The highest BCUT2D eigenvalue weighted by Gasteiger charge is 2.32. The van der Waals surface area contributed by atoms with Gasteiger partial charge in [-0.25, -0.2) is 4.79 Å². The molecule has 160 valence electrons. The smallest absolute Gasteiger partial charge is 0.338 e. The number of aliphatic hydroxyl groups excluding tert-OH is 2. The van der Waals surface area contributed by atoms with Crippen LogP contribution in [-0.2, 0) is 25.7 Å². The van der Waals surface area contributed by atoms with Crippen LogP contribution in [0.3, 0.4) is 0 Å². The van der Waals surface area contributed by atoms with Crippen molar-refractivity contribution in [2.45, 2.75) is 39.8 Å². The molecular formula is C20H28N2O7. The Hall–Kier alpha value is -2.78. The van der Waals surface area contributed by atoms with E-state index in [1.54, 1.807) is 31.2 Å². The van der Waals surface area contributed by atoms with Gasteiger partial charge in [0.25, 0.3) is 5.91 Å². The van der Waals surface area contributed by atoms with Gasteiger partial charge in [0.05, 0.1) is 18.8 Å². The molecule has 1 aromatic rings. The maximum atomic E-state index is 11.9. The maximum Gasteiger partial charge on any atom is 0.338 e. The topological polar surface area (TPSA) is 142 Å². The molecule has 1 unspecified atom stereocenters. The van der Waals surface area contributed by atoms with Crippen molar-refractivity contribution >= 4 is 23.6 Å². The van der Waals surface area contributed by atoms with Gasteiger partial charge in [0.2, 0.25) is 11.7 Å². The minimum Gasteiger partial charge on any atom is -0.462 e. The van der Waals surface area contributed by atoms with Gasteiger partial charge >= 0.3 is 5.97 Å². The number of hydrogen-bond acceptors (Lipinski definition) is 7. The van der Waals surface area contributed by atoms with Crippen molar-refractivity contribution in [3.63, 3.8) is 0 Å². The van der Waals surface area contributed by atoms with E-state index in [0.29, 0.717) is 11.1 Å². The molecule has 0 aliphatic carbocycles. The molecule has 0 radical (unpaired) electrons. The zero-order valence-corrected chi connectivity index (χ0v) is 16.9. The third-order valence-corrected chi connectivity index (χ3v) is 4.22. The van der Waals surface area contributed by atoms with Crippen molar-refractivity contribution in [1.82, 2.24) is 10.6 Å². The lowest BCUT2D eigenvalue weighted by Crippen LogP contribution is -2.46. The second-order valence-corrected chi connectivity index (χ2v) is 7.11. The van der Waals surface area contributed by atoms with E-state index in [9.17, 15) is 24.3 Å². The van der Waals surface area contributed by atoms with E-state index >= 15 is 0 Å². The summed E-state index contributed by atoms with van der Waals surface area (Å²) in [5, 5.41) is 23.8. The molecule has 0 spiro atoms. The molecular weight excluding hydrogens is 380 g/mol. The SMILES string of the molecule is CCOC(=O)c1ccc(CNC(=O)C(=O)CCNC(=O)C(O)C(C)(C)CO)cc1. The Kier molecular flexibility index (Phi) is 9.43. The molecule has 29 heavy (non-hydrogen) atoms. The average molecular weight is 408 g/mol. The largest absolute Gasteiger partial charge is 0.462 e. The monoisotopic (exact) mass is 408 g/mol. The predicted molar refractivity (Wildman–Crippen MR) is 104 cm³/mol. The van der Waals surface area contributed by atoms with Gasteiger partial charge in [-0.3, -0.25) is 14.4 Å². The number of Topliss-reactive ketones (excluding diaryl/α,β-unsaturated/α-hetero) is 1. The molecule has 0 heterocycles. The summed E-state index contributed by atoms with van der Waals surface area (Å²) in [5.74, 6) is -2.68. The molecule has 9 heteroatoms. The number of rotatable bonds is 11. The number of ketones is 1. The van der Waals surface area contributed by atoms with Crippen molar-refractivity contribution < 1.29 is 34.1 Å². The highest BCUT2D eigenvalue weighted by atomic mass is 16.5. The van der Waals surface area contributed by atoms with Gasteiger partial charge in [-0.2, -0.15) is 0 Å². The summed E-state index contributed by atoms with van der Waals surface area (Å²) in [7, 11) is 0. The van der Waals surface area contributed by atoms with Crippen LogP contribution in [0.5, 0.6) is 0 Å². The van der Waals surface area contributed by atoms with Gasteiger partial charge in [-0.15, -0.1) is 0 Å². The predicted octanol–water partition coefficient (Wildman–Crippen LogP) is -0.0657. The second kappa shape index (κ2) is 11.3. The van der Waals surface area contributed by atoms with Crippen LogP contribution in [0, 0.1) is 5.41 Å². The van der Waals surface area contributed by atoms with Gasteiger partial charge in [0.15, 0.2) is 0 Å². The number of ether oxygens (including phenoxy) is 1. The first kappa shape index (κ1) is 24.3. The van der Waals surface area contributed by atoms with Crippen molar-refractivity contribution in [3.05, 3.63) is 35.4 Å². The van der Waals surface area contributed by atoms with Crippen molar-refractivity contribution in [1.29, 1.82) is 0 Å². The molecule has 0 saturated heterocycles. The van der Waals surface area contributed by atoms with Crippen LogP contribution < -0.4 is 10.6 Å². The third-order valence-electron chi connectivity index (χ3n) is 4.22. The van der Waals surface area contributed by atoms with Crippen molar-refractivity contribution in [3.8, 4) is 0 Å². The lowest BCUT2D eigenvalue weighted by molar-refractivity contribution is -0.139. The number of nitrogens with one attached hydrogen (secondary N) is 2. The van der Waals surface area contributed by atoms with E-state index in [0.717, 1.165) is 0 Å². The minimum absolute atomic E-state index is 0.101. The Labute approximate surface area is 169 Å².